The maximum Gasteiger partial charge on any atom is 0.222 e. The largest absolute Gasteiger partial charge is 0.859 e. The number of amides is 1. The van der Waals surface area contributed by atoms with Crippen molar-refractivity contribution in [3.05, 3.63) is 12.2 Å². The summed E-state index contributed by atoms with van der Waals surface area (Å²) in [6.07, 6.45) is 10.9. The summed E-state index contributed by atoms with van der Waals surface area (Å²) in [5.74, 6) is -0.0488. The normalized spacial score (nSPS) is 17.2. The first kappa shape index (κ1) is 17.4. The number of carbonyl (C=O) groups excluding carboxylic acids is 2. The summed E-state index contributed by atoms with van der Waals surface area (Å²) in [4.78, 5) is 27.6. The van der Waals surface area contributed by atoms with Gasteiger partial charge in [0.15, 0.2) is 0 Å². The summed E-state index contributed by atoms with van der Waals surface area (Å²) < 4.78 is 0. The third kappa shape index (κ3) is 8.27. The Morgan fingerprint density at radius 3 is 2.81 bits per heavy atom. The van der Waals surface area contributed by atoms with E-state index in [-0.39, 0.29) is 5.90 Å². The predicted octanol–water partition coefficient (Wildman–Crippen LogP) is 1.46. The number of unbranched alkanes of at least 4 members (excludes halogenated alkanes) is 3. The quantitative estimate of drug-likeness (QED) is 0.212. The standard InChI is InChI=1S/C16H26N2O3/c19-14-8-9-15(20)17-11-5-1-2-6-12-18-13-7-3-4-10-16(18)21/h8-9,14H,1-7,10-13H2,(H,17,20)/p-1/b9-8-. The molecule has 1 aliphatic heterocycles. The smallest absolute Gasteiger partial charge is 0.222 e. The SMILES string of the molecule is O=C/C=C\C([O-])=NCCCCCCN1CCCCCC1=O. The van der Waals surface area contributed by atoms with E-state index in [9.17, 15) is 14.7 Å². The first-order valence-electron chi connectivity index (χ1n) is 7.85. The molecular weight excluding hydrogens is 268 g/mol. The lowest BCUT2D eigenvalue weighted by Crippen LogP contribution is -2.31. The Morgan fingerprint density at radius 2 is 2.00 bits per heavy atom. The van der Waals surface area contributed by atoms with Crippen LogP contribution >= 0.6 is 0 Å². The van der Waals surface area contributed by atoms with E-state index < -0.39 is 0 Å². The van der Waals surface area contributed by atoms with E-state index in [1.165, 1.54) is 6.08 Å². The number of aliphatic imine (C=N–C) groups is 1. The fourth-order valence-corrected chi connectivity index (χ4v) is 2.41. The zero-order valence-corrected chi connectivity index (χ0v) is 12.6. The summed E-state index contributed by atoms with van der Waals surface area (Å²) in [7, 11) is 0. The highest BCUT2D eigenvalue weighted by Gasteiger charge is 2.15. The number of hydrogen-bond acceptors (Lipinski definition) is 4. The Hall–Kier alpha value is -1.65. The van der Waals surface area contributed by atoms with Crippen molar-refractivity contribution in [1.29, 1.82) is 0 Å². The zero-order chi connectivity index (χ0) is 15.3. The molecule has 21 heavy (non-hydrogen) atoms. The van der Waals surface area contributed by atoms with Gasteiger partial charge in [-0.25, -0.2) is 0 Å². The fraction of sp³-hybridized carbons (Fsp3) is 0.688. The van der Waals surface area contributed by atoms with Crippen molar-refractivity contribution in [3.63, 3.8) is 0 Å². The van der Waals surface area contributed by atoms with Crippen LogP contribution in [-0.4, -0.2) is 42.6 Å². The molecule has 0 bridgehead atoms. The van der Waals surface area contributed by atoms with Crippen molar-refractivity contribution in [2.45, 2.75) is 51.4 Å². The number of carbonyl (C=O) groups is 2. The first-order chi connectivity index (χ1) is 10.2. The van der Waals surface area contributed by atoms with Crippen LogP contribution in [0.3, 0.4) is 0 Å². The van der Waals surface area contributed by atoms with Gasteiger partial charge < -0.3 is 15.0 Å². The summed E-state index contributed by atoms with van der Waals surface area (Å²) in [5, 5.41) is 11.1. The van der Waals surface area contributed by atoms with E-state index in [0.717, 1.165) is 64.1 Å². The van der Waals surface area contributed by atoms with Crippen LogP contribution in [0.1, 0.15) is 51.4 Å². The van der Waals surface area contributed by atoms with Crippen LogP contribution in [-0.2, 0) is 9.59 Å². The van der Waals surface area contributed by atoms with Crippen LogP contribution in [0.4, 0.5) is 0 Å². The molecule has 1 amide bonds. The lowest BCUT2D eigenvalue weighted by molar-refractivity contribution is -0.212. The molecule has 0 radical (unpaired) electrons. The van der Waals surface area contributed by atoms with Gasteiger partial charge in [-0.3, -0.25) is 9.59 Å². The van der Waals surface area contributed by atoms with Gasteiger partial charge in [0, 0.05) is 26.1 Å². The van der Waals surface area contributed by atoms with Crippen LogP contribution in [0, 0.1) is 0 Å². The van der Waals surface area contributed by atoms with E-state index in [0.29, 0.717) is 25.2 Å². The number of aldehydes is 1. The molecule has 5 nitrogen and oxygen atoms in total. The number of rotatable bonds is 9. The third-order valence-corrected chi connectivity index (χ3v) is 3.59. The molecule has 0 aromatic carbocycles. The maximum atomic E-state index is 11.8. The molecule has 0 spiro atoms. The van der Waals surface area contributed by atoms with E-state index in [2.05, 4.69) is 4.99 Å². The minimum Gasteiger partial charge on any atom is -0.859 e. The monoisotopic (exact) mass is 293 g/mol. The summed E-state index contributed by atoms with van der Waals surface area (Å²) in [6.45, 7) is 2.27. The molecule has 1 rings (SSSR count). The molecule has 1 saturated heterocycles. The average molecular weight is 293 g/mol. The Morgan fingerprint density at radius 1 is 1.19 bits per heavy atom. The molecular formula is C16H25N2O3-. The molecule has 0 unspecified atom stereocenters. The Kier molecular flexibility index (Phi) is 9.16. The summed E-state index contributed by atoms with van der Waals surface area (Å²) in [6, 6.07) is 0. The highest BCUT2D eigenvalue weighted by molar-refractivity contribution is 5.87. The Bertz CT molecular complexity index is 378. The molecule has 0 aromatic rings. The van der Waals surface area contributed by atoms with E-state index in [1.807, 2.05) is 4.90 Å². The second-order valence-corrected chi connectivity index (χ2v) is 5.32. The van der Waals surface area contributed by atoms with E-state index in [1.54, 1.807) is 0 Å². The molecule has 118 valence electrons. The van der Waals surface area contributed by atoms with Crippen LogP contribution in [0.5, 0.6) is 0 Å². The van der Waals surface area contributed by atoms with Crippen LogP contribution in [0.2, 0.25) is 0 Å². The van der Waals surface area contributed by atoms with Crippen LogP contribution < -0.4 is 5.11 Å². The Balaban J connectivity index is 2.05. The van der Waals surface area contributed by atoms with Crippen molar-refractivity contribution in [1.82, 2.24) is 4.90 Å². The van der Waals surface area contributed by atoms with Gasteiger partial charge in [-0.2, -0.15) is 0 Å². The topological polar surface area (TPSA) is 72.8 Å². The number of likely N-dealkylation sites (tertiary alicyclic amines) is 1. The lowest BCUT2D eigenvalue weighted by Gasteiger charge is -2.20. The third-order valence-electron chi connectivity index (χ3n) is 3.59. The minimum atomic E-state index is -0.350. The van der Waals surface area contributed by atoms with Crippen molar-refractivity contribution in [2.24, 2.45) is 4.99 Å². The van der Waals surface area contributed by atoms with E-state index in [4.69, 9.17) is 0 Å². The second kappa shape index (κ2) is 11.1. The van der Waals surface area contributed by atoms with Crippen molar-refractivity contribution in [2.75, 3.05) is 19.6 Å². The number of allylic oxidation sites excluding steroid dienone is 1. The fourth-order valence-electron chi connectivity index (χ4n) is 2.41. The molecule has 5 heteroatoms. The van der Waals surface area contributed by atoms with Crippen LogP contribution in [0.15, 0.2) is 17.1 Å². The average Bonchev–Trinajstić information content (AvgIpc) is 2.69. The van der Waals surface area contributed by atoms with Crippen LogP contribution in [0.25, 0.3) is 0 Å². The number of nitrogens with zero attached hydrogens (tertiary/aromatic N) is 2. The molecule has 0 aromatic heterocycles. The Labute approximate surface area is 126 Å². The molecule has 0 saturated carbocycles. The highest BCUT2D eigenvalue weighted by atomic mass is 16.3. The molecule has 1 heterocycles. The van der Waals surface area contributed by atoms with Crippen molar-refractivity contribution in [3.8, 4) is 0 Å². The molecule has 0 N–H and O–H groups in total. The summed E-state index contributed by atoms with van der Waals surface area (Å²) in [5.41, 5.74) is 0. The van der Waals surface area contributed by atoms with Crippen molar-refractivity contribution < 1.29 is 14.7 Å². The van der Waals surface area contributed by atoms with Gasteiger partial charge in [0.2, 0.25) is 5.91 Å². The minimum absolute atomic E-state index is 0.301. The maximum absolute atomic E-state index is 11.8. The van der Waals surface area contributed by atoms with Gasteiger partial charge >= 0.3 is 0 Å². The van der Waals surface area contributed by atoms with Gasteiger partial charge in [0.1, 0.15) is 6.29 Å². The van der Waals surface area contributed by atoms with Crippen molar-refractivity contribution >= 4 is 18.1 Å². The lowest BCUT2D eigenvalue weighted by atomic mass is 10.2. The molecule has 0 aliphatic carbocycles. The number of hydrogen-bond donors (Lipinski definition) is 0. The first-order valence-corrected chi connectivity index (χ1v) is 7.85. The van der Waals surface area contributed by atoms with Gasteiger partial charge in [0.25, 0.3) is 0 Å². The zero-order valence-electron chi connectivity index (χ0n) is 12.6. The van der Waals surface area contributed by atoms with Gasteiger partial charge in [-0.05, 0) is 43.7 Å². The molecule has 1 aliphatic rings. The van der Waals surface area contributed by atoms with Gasteiger partial charge in [0.05, 0.1) is 0 Å². The molecule has 0 atom stereocenters. The molecule has 1 fully saturated rings. The van der Waals surface area contributed by atoms with Gasteiger partial charge in [-0.15, -0.1) is 0 Å². The van der Waals surface area contributed by atoms with E-state index >= 15 is 0 Å². The predicted molar refractivity (Wildman–Crippen MR) is 81.0 cm³/mol. The second-order valence-electron chi connectivity index (χ2n) is 5.32. The summed E-state index contributed by atoms with van der Waals surface area (Å²) >= 11 is 0. The highest BCUT2D eigenvalue weighted by Crippen LogP contribution is 2.12. The van der Waals surface area contributed by atoms with Gasteiger partial charge in [-0.1, -0.05) is 19.3 Å².